The summed E-state index contributed by atoms with van der Waals surface area (Å²) in [5.41, 5.74) is 1.08. The van der Waals surface area contributed by atoms with Crippen LogP contribution in [0.2, 0.25) is 5.02 Å². The Morgan fingerprint density at radius 2 is 2.00 bits per heavy atom. The summed E-state index contributed by atoms with van der Waals surface area (Å²) in [7, 11) is 0. The molecule has 3 aromatic rings. The lowest BCUT2D eigenvalue weighted by Gasteiger charge is -2.06. The maximum absolute atomic E-state index is 13.4. The standard InChI is InChI=1S/C17H14ClFN4O2S/c18-12-7-5-11(6-8-12)10-26-17-21-16(22-23-17)20-15(24)9-25-14-4-2-1-3-13(14)19/h1-8H,9-10H2,(H2,20,21,22,23,24). The molecule has 0 unspecified atom stereocenters. The van der Waals surface area contributed by atoms with Crippen molar-refractivity contribution < 1.29 is 13.9 Å². The molecule has 0 radical (unpaired) electrons. The number of rotatable bonds is 7. The van der Waals surface area contributed by atoms with Gasteiger partial charge < -0.3 is 4.74 Å². The summed E-state index contributed by atoms with van der Waals surface area (Å²) in [6, 6.07) is 13.3. The number of hydrogen-bond donors (Lipinski definition) is 2. The van der Waals surface area contributed by atoms with Gasteiger partial charge in [0, 0.05) is 10.8 Å². The summed E-state index contributed by atoms with van der Waals surface area (Å²) in [5.74, 6) is -0.122. The third-order valence-electron chi connectivity index (χ3n) is 3.20. The molecule has 1 heterocycles. The fourth-order valence-corrected chi connectivity index (χ4v) is 2.85. The minimum atomic E-state index is -0.527. The van der Waals surface area contributed by atoms with Crippen LogP contribution < -0.4 is 10.1 Å². The highest BCUT2D eigenvalue weighted by Gasteiger charge is 2.10. The average Bonchev–Trinajstić information content (AvgIpc) is 3.08. The van der Waals surface area contributed by atoms with E-state index in [1.165, 1.54) is 23.9 Å². The first-order valence-electron chi connectivity index (χ1n) is 7.57. The first-order valence-corrected chi connectivity index (χ1v) is 8.93. The lowest BCUT2D eigenvalue weighted by atomic mass is 10.2. The van der Waals surface area contributed by atoms with Gasteiger partial charge in [-0.2, -0.15) is 4.98 Å². The maximum atomic E-state index is 13.4. The van der Waals surface area contributed by atoms with Gasteiger partial charge in [0.2, 0.25) is 11.1 Å². The second-order valence-electron chi connectivity index (χ2n) is 5.15. The first-order chi connectivity index (χ1) is 12.6. The van der Waals surface area contributed by atoms with Gasteiger partial charge in [0.25, 0.3) is 5.91 Å². The zero-order valence-electron chi connectivity index (χ0n) is 13.4. The number of H-pyrrole nitrogens is 1. The first kappa shape index (κ1) is 18.2. The number of amides is 1. The van der Waals surface area contributed by atoms with Crippen LogP contribution in [0.5, 0.6) is 5.75 Å². The lowest BCUT2D eigenvalue weighted by Crippen LogP contribution is -2.21. The summed E-state index contributed by atoms with van der Waals surface area (Å²) in [6.07, 6.45) is 0. The van der Waals surface area contributed by atoms with E-state index in [1.54, 1.807) is 12.1 Å². The van der Waals surface area contributed by atoms with Crippen molar-refractivity contribution in [2.75, 3.05) is 11.9 Å². The van der Waals surface area contributed by atoms with Gasteiger partial charge in [0.1, 0.15) is 0 Å². The Hall–Kier alpha value is -2.58. The number of aromatic nitrogens is 3. The van der Waals surface area contributed by atoms with E-state index in [0.717, 1.165) is 5.56 Å². The molecule has 0 spiro atoms. The monoisotopic (exact) mass is 392 g/mol. The van der Waals surface area contributed by atoms with Crippen molar-refractivity contribution in [1.29, 1.82) is 0 Å². The third kappa shape index (κ3) is 5.21. The van der Waals surface area contributed by atoms with Gasteiger partial charge in [-0.15, -0.1) is 5.10 Å². The van der Waals surface area contributed by atoms with Gasteiger partial charge in [-0.25, -0.2) is 9.49 Å². The number of para-hydroxylation sites is 1. The number of ether oxygens (including phenoxy) is 1. The number of anilines is 1. The molecule has 3 rings (SSSR count). The van der Waals surface area contributed by atoms with E-state index in [0.29, 0.717) is 15.9 Å². The number of benzene rings is 2. The molecule has 0 aliphatic rings. The van der Waals surface area contributed by atoms with Crippen molar-refractivity contribution in [3.63, 3.8) is 0 Å². The Balaban J connectivity index is 1.47. The molecule has 0 saturated carbocycles. The van der Waals surface area contributed by atoms with Gasteiger partial charge in [-0.3, -0.25) is 10.1 Å². The minimum Gasteiger partial charge on any atom is -0.481 e. The largest absolute Gasteiger partial charge is 0.481 e. The van der Waals surface area contributed by atoms with E-state index in [9.17, 15) is 9.18 Å². The number of nitrogens with one attached hydrogen (secondary N) is 2. The quantitative estimate of drug-likeness (QED) is 0.596. The van der Waals surface area contributed by atoms with Crippen molar-refractivity contribution in [3.8, 4) is 5.75 Å². The van der Waals surface area contributed by atoms with E-state index >= 15 is 0 Å². The van der Waals surface area contributed by atoms with Crippen LogP contribution in [0.4, 0.5) is 10.3 Å². The number of hydrogen-bond acceptors (Lipinski definition) is 5. The van der Waals surface area contributed by atoms with E-state index in [2.05, 4.69) is 20.5 Å². The number of halogens is 2. The highest BCUT2D eigenvalue weighted by molar-refractivity contribution is 7.98. The number of carbonyl (C=O) groups is 1. The normalized spacial score (nSPS) is 10.5. The van der Waals surface area contributed by atoms with Crippen LogP contribution in [0.25, 0.3) is 0 Å². The van der Waals surface area contributed by atoms with Crippen LogP contribution in [0.15, 0.2) is 53.7 Å². The second kappa shape index (κ2) is 8.68. The fraction of sp³-hybridized carbons (Fsp3) is 0.118. The Labute approximate surface area is 158 Å². The number of nitrogens with zero attached hydrogens (tertiary/aromatic N) is 2. The van der Waals surface area contributed by atoms with Crippen molar-refractivity contribution >= 4 is 35.2 Å². The van der Waals surface area contributed by atoms with E-state index in [-0.39, 0.29) is 18.3 Å². The van der Waals surface area contributed by atoms with Gasteiger partial charge >= 0.3 is 0 Å². The molecule has 6 nitrogen and oxygen atoms in total. The third-order valence-corrected chi connectivity index (χ3v) is 4.37. The van der Waals surface area contributed by atoms with Crippen molar-refractivity contribution in [3.05, 3.63) is 64.9 Å². The van der Waals surface area contributed by atoms with Crippen molar-refractivity contribution in [2.24, 2.45) is 0 Å². The molecule has 26 heavy (non-hydrogen) atoms. The molecule has 0 aliphatic carbocycles. The molecular weight excluding hydrogens is 379 g/mol. The summed E-state index contributed by atoms with van der Waals surface area (Å²) < 4.78 is 18.5. The van der Waals surface area contributed by atoms with Crippen LogP contribution >= 0.6 is 23.4 Å². The van der Waals surface area contributed by atoms with Crippen LogP contribution in [-0.2, 0) is 10.5 Å². The lowest BCUT2D eigenvalue weighted by molar-refractivity contribution is -0.118. The molecule has 9 heteroatoms. The summed E-state index contributed by atoms with van der Waals surface area (Å²) >= 11 is 7.26. The Kier molecular flexibility index (Phi) is 6.08. The van der Waals surface area contributed by atoms with Crippen molar-refractivity contribution in [2.45, 2.75) is 10.9 Å². The minimum absolute atomic E-state index is 0.0134. The zero-order valence-corrected chi connectivity index (χ0v) is 15.0. The molecule has 1 aromatic heterocycles. The van der Waals surface area contributed by atoms with E-state index < -0.39 is 11.7 Å². The maximum Gasteiger partial charge on any atom is 0.264 e. The Bertz CT molecular complexity index is 888. The van der Waals surface area contributed by atoms with E-state index in [4.69, 9.17) is 16.3 Å². The summed E-state index contributed by atoms with van der Waals surface area (Å²) in [4.78, 5) is 16.0. The number of thioether (sulfide) groups is 1. The molecule has 1 amide bonds. The Morgan fingerprint density at radius 1 is 1.23 bits per heavy atom. The average molecular weight is 393 g/mol. The highest BCUT2D eigenvalue weighted by Crippen LogP contribution is 2.21. The van der Waals surface area contributed by atoms with E-state index in [1.807, 2.05) is 24.3 Å². The molecule has 0 bridgehead atoms. The molecule has 0 aliphatic heterocycles. The number of carbonyl (C=O) groups excluding carboxylic acids is 1. The number of aromatic amines is 1. The fourth-order valence-electron chi connectivity index (χ4n) is 1.97. The highest BCUT2D eigenvalue weighted by atomic mass is 35.5. The SMILES string of the molecule is O=C(COc1ccccc1F)Nc1nc(SCc2ccc(Cl)cc2)n[nH]1. The molecule has 0 saturated heterocycles. The van der Waals surface area contributed by atoms with Gasteiger partial charge in [-0.05, 0) is 29.8 Å². The van der Waals surface area contributed by atoms with Crippen LogP contribution in [0.1, 0.15) is 5.56 Å². The van der Waals surface area contributed by atoms with Crippen LogP contribution in [-0.4, -0.2) is 27.7 Å². The summed E-state index contributed by atoms with van der Waals surface area (Å²) in [5, 5.41) is 10.3. The molecule has 2 aromatic carbocycles. The summed E-state index contributed by atoms with van der Waals surface area (Å²) in [6.45, 7) is -0.338. The predicted octanol–water partition coefficient (Wildman–Crippen LogP) is 3.91. The topological polar surface area (TPSA) is 79.9 Å². The molecular formula is C17H14ClFN4O2S. The zero-order chi connectivity index (χ0) is 18.4. The van der Waals surface area contributed by atoms with Gasteiger partial charge in [0.15, 0.2) is 18.2 Å². The van der Waals surface area contributed by atoms with Crippen LogP contribution in [0.3, 0.4) is 0 Å². The Morgan fingerprint density at radius 3 is 2.77 bits per heavy atom. The van der Waals surface area contributed by atoms with Crippen LogP contribution in [0, 0.1) is 5.82 Å². The predicted molar refractivity (Wildman–Crippen MR) is 97.9 cm³/mol. The molecule has 0 atom stereocenters. The second-order valence-corrected chi connectivity index (χ2v) is 6.53. The molecule has 0 fully saturated rings. The van der Waals surface area contributed by atoms with Crippen molar-refractivity contribution in [1.82, 2.24) is 15.2 Å². The molecule has 2 N–H and O–H groups in total. The molecule has 134 valence electrons. The van der Waals surface area contributed by atoms with Gasteiger partial charge in [-0.1, -0.05) is 47.6 Å². The van der Waals surface area contributed by atoms with Gasteiger partial charge in [0.05, 0.1) is 0 Å². The smallest absolute Gasteiger partial charge is 0.264 e.